The van der Waals surface area contributed by atoms with Crippen molar-refractivity contribution in [2.24, 2.45) is 0 Å². The van der Waals surface area contributed by atoms with Gasteiger partial charge in [0.1, 0.15) is 17.9 Å². The van der Waals surface area contributed by atoms with E-state index >= 15 is 0 Å². The summed E-state index contributed by atoms with van der Waals surface area (Å²) in [4.78, 5) is 38.3. The van der Waals surface area contributed by atoms with Gasteiger partial charge >= 0.3 is 0 Å². The van der Waals surface area contributed by atoms with Crippen LogP contribution < -0.4 is 9.84 Å². The number of nitrogens with zero attached hydrogens (tertiary/aromatic N) is 2. The number of likely N-dealkylation sites (N-methyl/N-ethyl adjacent to an activating group) is 2. The number of hydrogen-bond donors (Lipinski definition) is 0. The van der Waals surface area contributed by atoms with Crippen LogP contribution in [0.3, 0.4) is 0 Å². The van der Waals surface area contributed by atoms with Crippen LogP contribution in [0, 0.1) is 0 Å². The predicted molar refractivity (Wildman–Crippen MR) is 97.3 cm³/mol. The number of aliphatic carboxylic acids is 1. The Morgan fingerprint density at radius 3 is 2.27 bits per heavy atom. The van der Waals surface area contributed by atoms with Crippen molar-refractivity contribution in [1.29, 1.82) is 0 Å². The van der Waals surface area contributed by atoms with E-state index in [-0.39, 0.29) is 21.5 Å². The van der Waals surface area contributed by atoms with Crippen molar-refractivity contribution in [2.45, 2.75) is 13.8 Å². The van der Waals surface area contributed by atoms with Crippen molar-refractivity contribution in [3.8, 4) is 5.75 Å². The van der Waals surface area contributed by atoms with Gasteiger partial charge in [0.2, 0.25) is 0 Å². The predicted octanol–water partition coefficient (Wildman–Crippen LogP) is 0.848. The third-order valence-electron chi connectivity index (χ3n) is 3.66. The normalized spacial score (nSPS) is 14.7. The first-order valence-electron chi connectivity index (χ1n) is 7.81. The molecule has 1 aromatic rings. The monoisotopic (exact) mass is 395 g/mol. The molecule has 7 nitrogen and oxygen atoms in total. The average Bonchev–Trinajstić information content (AvgIpc) is 2.58. The van der Waals surface area contributed by atoms with Gasteiger partial charge in [0, 0.05) is 13.1 Å². The van der Waals surface area contributed by atoms with Crippen LogP contribution in [-0.4, -0.2) is 52.4 Å². The van der Waals surface area contributed by atoms with E-state index in [9.17, 15) is 19.5 Å². The SMILES string of the molecule is CCN1C(=O)C(=Cc2ccc(OCC(=O)[O-])c(Cl)c2)C(=O)N(CC)C1=S. The number of amides is 2. The number of carboxylic acid groups (broad SMARTS) is 1. The molecule has 1 aromatic carbocycles. The second-order valence-corrected chi connectivity index (χ2v) is 6.06. The Labute approximate surface area is 160 Å². The number of ether oxygens (including phenoxy) is 1. The summed E-state index contributed by atoms with van der Waals surface area (Å²) < 4.78 is 4.99. The molecule has 26 heavy (non-hydrogen) atoms. The fraction of sp³-hybridized carbons (Fsp3) is 0.294. The molecule has 0 unspecified atom stereocenters. The highest BCUT2D eigenvalue weighted by Gasteiger charge is 2.37. The number of thiocarbonyl (C=S) groups is 1. The summed E-state index contributed by atoms with van der Waals surface area (Å²) >= 11 is 11.3. The second-order valence-electron chi connectivity index (χ2n) is 5.29. The summed E-state index contributed by atoms with van der Waals surface area (Å²) in [5.74, 6) is -2.16. The van der Waals surface area contributed by atoms with Crippen LogP contribution in [0.1, 0.15) is 19.4 Å². The van der Waals surface area contributed by atoms with Gasteiger partial charge in [-0.05, 0) is 49.8 Å². The first-order valence-corrected chi connectivity index (χ1v) is 8.60. The Morgan fingerprint density at radius 2 is 1.81 bits per heavy atom. The lowest BCUT2D eigenvalue weighted by atomic mass is 10.1. The van der Waals surface area contributed by atoms with E-state index in [0.29, 0.717) is 18.7 Å². The number of carbonyl (C=O) groups is 3. The lowest BCUT2D eigenvalue weighted by molar-refractivity contribution is -0.307. The maximum Gasteiger partial charge on any atom is 0.265 e. The molecule has 0 N–H and O–H groups in total. The van der Waals surface area contributed by atoms with Crippen molar-refractivity contribution in [2.75, 3.05) is 19.7 Å². The molecule has 0 atom stereocenters. The molecule has 2 rings (SSSR count). The van der Waals surface area contributed by atoms with Gasteiger partial charge in [0.25, 0.3) is 11.8 Å². The van der Waals surface area contributed by atoms with Crippen molar-refractivity contribution in [3.05, 3.63) is 34.4 Å². The van der Waals surface area contributed by atoms with E-state index in [1.165, 1.54) is 28.0 Å². The minimum atomic E-state index is -1.37. The van der Waals surface area contributed by atoms with Crippen LogP contribution in [0.2, 0.25) is 5.02 Å². The molecular weight excluding hydrogens is 380 g/mol. The van der Waals surface area contributed by atoms with Gasteiger partial charge in [-0.3, -0.25) is 19.4 Å². The highest BCUT2D eigenvalue weighted by Crippen LogP contribution is 2.27. The van der Waals surface area contributed by atoms with E-state index in [1.54, 1.807) is 19.9 Å². The lowest BCUT2D eigenvalue weighted by Gasteiger charge is -2.35. The molecular formula is C17H16ClN2O5S-. The van der Waals surface area contributed by atoms with Crippen LogP contribution in [0.4, 0.5) is 0 Å². The van der Waals surface area contributed by atoms with E-state index in [4.69, 9.17) is 28.6 Å². The van der Waals surface area contributed by atoms with Gasteiger partial charge in [-0.25, -0.2) is 0 Å². The van der Waals surface area contributed by atoms with Crippen LogP contribution in [0.15, 0.2) is 23.8 Å². The van der Waals surface area contributed by atoms with Gasteiger partial charge in [-0.2, -0.15) is 0 Å². The highest BCUT2D eigenvalue weighted by atomic mass is 35.5. The molecule has 1 fully saturated rings. The molecule has 1 saturated heterocycles. The number of hydrogen-bond acceptors (Lipinski definition) is 6. The summed E-state index contributed by atoms with van der Waals surface area (Å²) in [6.45, 7) is 3.59. The topological polar surface area (TPSA) is 90.0 Å². The average molecular weight is 396 g/mol. The van der Waals surface area contributed by atoms with Gasteiger partial charge in [-0.15, -0.1) is 0 Å². The summed E-state index contributed by atoms with van der Waals surface area (Å²) in [6, 6.07) is 4.48. The van der Waals surface area contributed by atoms with Crippen molar-refractivity contribution in [3.63, 3.8) is 0 Å². The smallest absolute Gasteiger partial charge is 0.265 e. The third-order valence-corrected chi connectivity index (χ3v) is 4.39. The zero-order valence-electron chi connectivity index (χ0n) is 14.2. The van der Waals surface area contributed by atoms with Gasteiger partial charge in [0.15, 0.2) is 5.11 Å². The second kappa shape index (κ2) is 8.29. The Hall–Kier alpha value is -2.45. The quantitative estimate of drug-likeness (QED) is 0.403. The van der Waals surface area contributed by atoms with Gasteiger partial charge < -0.3 is 14.6 Å². The largest absolute Gasteiger partial charge is 0.546 e. The standard InChI is InChI=1S/C17H17ClN2O5S/c1-3-19-15(23)11(16(24)20(4-2)17(19)26)7-10-5-6-13(12(18)8-10)25-9-14(21)22/h5-8H,3-4,9H2,1-2H3,(H,21,22)/p-1. The van der Waals surface area contributed by atoms with Crippen molar-refractivity contribution in [1.82, 2.24) is 9.80 Å². The van der Waals surface area contributed by atoms with Crippen LogP contribution in [-0.2, 0) is 14.4 Å². The van der Waals surface area contributed by atoms with E-state index in [0.717, 1.165) is 0 Å². The molecule has 0 aliphatic carbocycles. The Morgan fingerprint density at radius 1 is 1.23 bits per heavy atom. The first kappa shape index (κ1) is 19.9. The molecule has 1 aliphatic heterocycles. The zero-order chi connectivity index (χ0) is 19.4. The maximum absolute atomic E-state index is 12.6. The molecule has 0 saturated carbocycles. The van der Waals surface area contributed by atoms with Crippen molar-refractivity contribution < 1.29 is 24.2 Å². The number of carbonyl (C=O) groups excluding carboxylic acids is 3. The lowest BCUT2D eigenvalue weighted by Crippen LogP contribution is -2.55. The first-order chi connectivity index (χ1) is 12.3. The number of benzene rings is 1. The van der Waals surface area contributed by atoms with Crippen molar-refractivity contribution >= 4 is 52.8 Å². The number of carboxylic acids is 1. The molecule has 1 aliphatic rings. The molecule has 0 aromatic heterocycles. The zero-order valence-corrected chi connectivity index (χ0v) is 15.7. The summed E-state index contributed by atoms with van der Waals surface area (Å²) in [5, 5.41) is 10.8. The van der Waals surface area contributed by atoms with Gasteiger partial charge in [0.05, 0.1) is 11.0 Å². The highest BCUT2D eigenvalue weighted by molar-refractivity contribution is 7.80. The Balaban J connectivity index is 2.36. The number of halogens is 1. The van der Waals surface area contributed by atoms with Crippen LogP contribution in [0.5, 0.6) is 5.75 Å². The van der Waals surface area contributed by atoms with E-state index in [2.05, 4.69) is 0 Å². The molecule has 0 spiro atoms. The minimum absolute atomic E-state index is 0.0261. The molecule has 0 radical (unpaired) electrons. The fourth-order valence-corrected chi connectivity index (χ4v) is 3.08. The van der Waals surface area contributed by atoms with Crippen LogP contribution in [0.25, 0.3) is 6.08 Å². The number of rotatable bonds is 6. The molecule has 0 bridgehead atoms. The summed E-state index contributed by atoms with van der Waals surface area (Å²) in [7, 11) is 0. The summed E-state index contributed by atoms with van der Waals surface area (Å²) in [5.41, 5.74) is 0.467. The Bertz CT molecular complexity index is 780. The van der Waals surface area contributed by atoms with Gasteiger partial charge in [-0.1, -0.05) is 17.7 Å². The van der Waals surface area contributed by atoms with E-state index in [1.807, 2.05) is 0 Å². The maximum atomic E-state index is 12.6. The molecule has 9 heteroatoms. The molecule has 1 heterocycles. The van der Waals surface area contributed by atoms with Crippen LogP contribution >= 0.6 is 23.8 Å². The summed E-state index contributed by atoms with van der Waals surface area (Å²) in [6.07, 6.45) is 1.42. The minimum Gasteiger partial charge on any atom is -0.546 e. The van der Waals surface area contributed by atoms with E-state index < -0.39 is 24.4 Å². The Kier molecular flexibility index (Phi) is 6.33. The fourth-order valence-electron chi connectivity index (χ4n) is 2.41. The molecule has 138 valence electrons. The molecule has 2 amide bonds. The third kappa shape index (κ3) is 4.03.